The topological polar surface area (TPSA) is 9.86 Å². The summed E-state index contributed by atoms with van der Waals surface area (Å²) in [6.07, 6.45) is 10.6. The van der Waals surface area contributed by atoms with Gasteiger partial charge in [-0.05, 0) is 171 Å². The fourth-order valence-corrected chi connectivity index (χ4v) is 11.2. The van der Waals surface area contributed by atoms with E-state index in [-0.39, 0.29) is 0 Å². The number of fused-ring (bicyclic) bond motifs is 8. The van der Waals surface area contributed by atoms with Gasteiger partial charge in [0.1, 0.15) is 0 Å². The largest absolute Gasteiger partial charge is 0.310 e. The van der Waals surface area contributed by atoms with Crippen LogP contribution >= 0.6 is 0 Å². The first kappa shape index (κ1) is 37.3. The normalized spacial score (nSPS) is 14.6. The van der Waals surface area contributed by atoms with Crippen molar-refractivity contribution in [3.8, 4) is 55.9 Å². The lowest BCUT2D eigenvalue weighted by molar-refractivity contribution is 0.825. The number of aromatic nitrogens is 2. The average Bonchev–Trinajstić information content (AvgIpc) is 3.87. The summed E-state index contributed by atoms with van der Waals surface area (Å²) in [5, 5.41) is 3.79. The molecule has 0 bridgehead atoms. The SMILES string of the molecule is c1cc(-c2ccc3c(c2)CC3)cc(-c2ccc3c(c2)c2ccccc2n3-c2cccc(-c3cccc(-n4c5c(c6ccccc64)CC(c4cccc(-c6ccc7c(c6)CC7)c4)C=C5)c3)c2)c#1. The van der Waals surface area contributed by atoms with Gasteiger partial charge in [0.25, 0.3) is 0 Å². The summed E-state index contributed by atoms with van der Waals surface area (Å²) in [6.45, 7) is 0. The summed E-state index contributed by atoms with van der Waals surface area (Å²) < 4.78 is 4.90. The molecule has 0 fully saturated rings. The first-order valence-corrected chi connectivity index (χ1v) is 23.5. The van der Waals surface area contributed by atoms with Gasteiger partial charge < -0.3 is 9.13 Å². The Hall–Kier alpha value is -8.12. The van der Waals surface area contributed by atoms with Gasteiger partial charge in [0, 0.05) is 44.7 Å². The van der Waals surface area contributed by atoms with Crippen LogP contribution in [-0.4, -0.2) is 9.13 Å². The summed E-state index contributed by atoms with van der Waals surface area (Å²) in [4.78, 5) is 0. The third kappa shape index (κ3) is 5.97. The van der Waals surface area contributed by atoms with Crippen molar-refractivity contribution in [3.05, 3.63) is 245 Å². The highest BCUT2D eigenvalue weighted by Gasteiger charge is 2.25. The molecule has 0 saturated heterocycles. The van der Waals surface area contributed by atoms with E-state index in [0.29, 0.717) is 5.92 Å². The zero-order chi connectivity index (χ0) is 43.3. The Balaban J connectivity index is 0.808. The molecular weight excluding hydrogens is 797 g/mol. The number of hydrogen-bond acceptors (Lipinski definition) is 0. The van der Waals surface area contributed by atoms with Crippen molar-refractivity contribution >= 4 is 38.8 Å². The molecule has 0 aliphatic heterocycles. The molecular formula is C64H44N2. The van der Waals surface area contributed by atoms with E-state index in [4.69, 9.17) is 0 Å². The minimum absolute atomic E-state index is 0.309. The number of benzene rings is 8. The standard InChI is InChI=1S/C64H44N2/c1-3-19-61-57(17-1)59-39-53(45-11-5-9-43(33-45)51-27-23-41-21-25-49(41)35-51)29-31-63(59)65(61)55-15-7-13-47(37-55)48-14-8-16-56(38-48)66-62-20-4-2-18-58(62)60-40-54(30-32-64(60)66)46-12-6-10-44(34-46)52-28-24-42-22-26-50(42)36-52/h1-5,7-11,13-20,23-24,27-38,40,53H,21-22,25-26,39H2. The van der Waals surface area contributed by atoms with E-state index >= 15 is 0 Å². The zero-order valence-electron chi connectivity index (χ0n) is 36.6. The van der Waals surface area contributed by atoms with Crippen LogP contribution in [0.5, 0.6) is 0 Å². The minimum Gasteiger partial charge on any atom is -0.310 e. The maximum atomic E-state index is 3.44. The number of rotatable bonds is 7. The van der Waals surface area contributed by atoms with Gasteiger partial charge in [0.05, 0.1) is 16.6 Å². The molecule has 9 aromatic carbocycles. The first-order chi connectivity index (χ1) is 32.7. The first-order valence-electron chi connectivity index (χ1n) is 23.5. The maximum absolute atomic E-state index is 3.44. The van der Waals surface area contributed by atoms with Crippen LogP contribution in [0, 0.1) is 12.1 Å². The van der Waals surface area contributed by atoms with E-state index in [9.17, 15) is 0 Å². The van der Waals surface area contributed by atoms with Gasteiger partial charge in [-0.2, -0.15) is 0 Å². The second kappa shape index (κ2) is 14.7. The van der Waals surface area contributed by atoms with Crippen molar-refractivity contribution in [2.75, 3.05) is 0 Å². The Labute approximate surface area is 385 Å². The quantitative estimate of drug-likeness (QED) is 0.151. The molecule has 1 atom stereocenters. The van der Waals surface area contributed by atoms with E-state index in [2.05, 4.69) is 221 Å². The summed E-state index contributed by atoms with van der Waals surface area (Å²) >= 11 is 0. The molecule has 2 heterocycles. The van der Waals surface area contributed by atoms with Crippen LogP contribution in [0.25, 0.3) is 94.7 Å². The molecule has 3 aliphatic carbocycles. The van der Waals surface area contributed by atoms with Gasteiger partial charge in [-0.15, -0.1) is 0 Å². The lowest BCUT2D eigenvalue weighted by Crippen LogP contribution is -2.08. The highest BCUT2D eigenvalue weighted by Crippen LogP contribution is 2.41. The smallest absolute Gasteiger partial charge is 0.0541 e. The predicted molar refractivity (Wildman–Crippen MR) is 274 cm³/mol. The Bertz CT molecular complexity index is 3810. The molecule has 0 N–H and O–H groups in total. The second-order valence-corrected chi connectivity index (χ2v) is 18.6. The van der Waals surface area contributed by atoms with Gasteiger partial charge >= 0.3 is 0 Å². The number of aryl methyl sites for hydroxylation is 4. The molecule has 2 nitrogen and oxygen atoms in total. The molecule has 66 heavy (non-hydrogen) atoms. The van der Waals surface area contributed by atoms with Crippen molar-refractivity contribution < 1.29 is 0 Å². The second-order valence-electron chi connectivity index (χ2n) is 18.6. The van der Waals surface area contributed by atoms with Crippen LogP contribution < -0.4 is 0 Å². The fourth-order valence-electron chi connectivity index (χ4n) is 11.2. The number of allylic oxidation sites excluding steroid dienone is 1. The van der Waals surface area contributed by atoms with E-state index < -0.39 is 0 Å². The molecule has 14 rings (SSSR count). The van der Waals surface area contributed by atoms with Crippen LogP contribution in [-0.2, 0) is 32.1 Å². The van der Waals surface area contributed by atoms with Crippen LogP contribution in [0.15, 0.2) is 194 Å². The average molecular weight is 841 g/mol. The summed E-state index contributed by atoms with van der Waals surface area (Å²) in [6, 6.07) is 77.0. The number of para-hydroxylation sites is 2. The summed E-state index contributed by atoms with van der Waals surface area (Å²) in [5.41, 5.74) is 25.6. The van der Waals surface area contributed by atoms with E-state index in [1.807, 2.05) is 0 Å². The Morgan fingerprint density at radius 3 is 1.71 bits per heavy atom. The maximum Gasteiger partial charge on any atom is 0.0541 e. The van der Waals surface area contributed by atoms with Crippen molar-refractivity contribution in [1.29, 1.82) is 0 Å². The third-order valence-electron chi connectivity index (χ3n) is 14.9. The zero-order valence-corrected chi connectivity index (χ0v) is 36.6. The van der Waals surface area contributed by atoms with Crippen LogP contribution in [0.2, 0.25) is 0 Å². The van der Waals surface area contributed by atoms with Gasteiger partial charge in [-0.1, -0.05) is 146 Å². The third-order valence-corrected chi connectivity index (χ3v) is 14.9. The van der Waals surface area contributed by atoms with Crippen LogP contribution in [0.3, 0.4) is 0 Å². The van der Waals surface area contributed by atoms with Crippen LogP contribution in [0.4, 0.5) is 0 Å². The van der Waals surface area contributed by atoms with Crippen molar-refractivity contribution in [2.45, 2.75) is 38.0 Å². The molecule has 0 amide bonds. The van der Waals surface area contributed by atoms with Crippen molar-refractivity contribution in [1.82, 2.24) is 9.13 Å². The molecule has 0 saturated carbocycles. The van der Waals surface area contributed by atoms with Gasteiger partial charge in [0.2, 0.25) is 0 Å². The van der Waals surface area contributed by atoms with Gasteiger partial charge in [-0.3, -0.25) is 0 Å². The molecule has 310 valence electrons. The fraction of sp³-hybridized carbons (Fsp3) is 0.0938. The Morgan fingerprint density at radius 1 is 0.409 bits per heavy atom. The molecule has 0 spiro atoms. The minimum atomic E-state index is 0.309. The number of hydrogen-bond donors (Lipinski definition) is 0. The van der Waals surface area contributed by atoms with Crippen molar-refractivity contribution in [2.24, 2.45) is 0 Å². The Morgan fingerprint density at radius 2 is 1.00 bits per heavy atom. The molecule has 0 radical (unpaired) electrons. The van der Waals surface area contributed by atoms with Crippen LogP contribution in [0.1, 0.15) is 45.0 Å². The molecule has 11 aromatic rings. The Kier molecular flexibility index (Phi) is 8.31. The predicted octanol–water partition coefficient (Wildman–Crippen LogP) is 15.5. The summed E-state index contributed by atoms with van der Waals surface area (Å²) in [7, 11) is 0. The summed E-state index contributed by atoms with van der Waals surface area (Å²) in [5.74, 6) is 0.309. The van der Waals surface area contributed by atoms with E-state index in [1.165, 1.54) is 137 Å². The van der Waals surface area contributed by atoms with Gasteiger partial charge in [-0.25, -0.2) is 0 Å². The van der Waals surface area contributed by atoms with Crippen molar-refractivity contribution in [3.63, 3.8) is 0 Å². The molecule has 2 heteroatoms. The highest BCUT2D eigenvalue weighted by atomic mass is 15.0. The highest BCUT2D eigenvalue weighted by molar-refractivity contribution is 6.10. The number of nitrogens with zero attached hydrogens (tertiary/aromatic N) is 2. The molecule has 3 aliphatic rings. The van der Waals surface area contributed by atoms with E-state index in [1.54, 1.807) is 0 Å². The molecule has 2 aromatic heterocycles. The monoisotopic (exact) mass is 840 g/mol. The lowest BCUT2D eigenvalue weighted by atomic mass is 9.84. The lowest BCUT2D eigenvalue weighted by Gasteiger charge is -2.21. The molecule has 1 unspecified atom stereocenters. The van der Waals surface area contributed by atoms with Gasteiger partial charge in [0.15, 0.2) is 0 Å². The van der Waals surface area contributed by atoms with E-state index in [0.717, 1.165) is 23.2 Å².